The highest BCUT2D eigenvalue weighted by atomic mass is 32.2. The number of rotatable bonds is 3. The molecule has 100 valence electrons. The molecule has 1 aliphatic carbocycles. The second-order valence-electron chi connectivity index (χ2n) is 4.98. The summed E-state index contributed by atoms with van der Waals surface area (Å²) >= 11 is 0. The molecule has 1 fully saturated rings. The first-order chi connectivity index (χ1) is 8.49. The van der Waals surface area contributed by atoms with Crippen molar-refractivity contribution in [3.63, 3.8) is 0 Å². The van der Waals surface area contributed by atoms with Crippen LogP contribution in [0, 0.1) is 6.92 Å². The monoisotopic (exact) mass is 268 g/mol. The minimum Gasteiger partial charge on any atom is -0.399 e. The first-order valence-electron chi connectivity index (χ1n) is 6.37. The molecule has 1 aliphatic rings. The maximum Gasteiger partial charge on any atom is 0.235 e. The number of benzene rings is 1. The first kappa shape index (κ1) is 13.2. The Bertz CT molecular complexity index is 520. The lowest BCUT2D eigenvalue weighted by Crippen LogP contribution is -2.30. The van der Waals surface area contributed by atoms with E-state index in [1.807, 2.05) is 13.0 Å². The predicted molar refractivity (Wildman–Crippen MR) is 75.0 cm³/mol. The average Bonchev–Trinajstić information content (AvgIpc) is 2.35. The Labute approximate surface area is 109 Å². The van der Waals surface area contributed by atoms with Crippen molar-refractivity contribution in [2.45, 2.75) is 44.3 Å². The van der Waals surface area contributed by atoms with Crippen molar-refractivity contribution >= 4 is 21.4 Å². The van der Waals surface area contributed by atoms with E-state index in [-0.39, 0.29) is 5.25 Å². The van der Waals surface area contributed by atoms with Crippen LogP contribution in [-0.2, 0) is 10.0 Å². The molecule has 4 nitrogen and oxygen atoms in total. The van der Waals surface area contributed by atoms with Gasteiger partial charge in [0.2, 0.25) is 10.0 Å². The lowest BCUT2D eigenvalue weighted by atomic mass is 10.0. The highest BCUT2D eigenvalue weighted by Crippen LogP contribution is 2.27. The highest BCUT2D eigenvalue weighted by molar-refractivity contribution is 7.93. The topological polar surface area (TPSA) is 72.2 Å². The number of hydrogen-bond donors (Lipinski definition) is 2. The zero-order chi connectivity index (χ0) is 13.2. The van der Waals surface area contributed by atoms with Crippen LogP contribution < -0.4 is 10.5 Å². The van der Waals surface area contributed by atoms with Crippen molar-refractivity contribution in [3.8, 4) is 0 Å². The zero-order valence-corrected chi connectivity index (χ0v) is 11.5. The number of sulfonamides is 1. The van der Waals surface area contributed by atoms with E-state index < -0.39 is 10.0 Å². The van der Waals surface area contributed by atoms with Crippen LogP contribution in [0.3, 0.4) is 0 Å². The van der Waals surface area contributed by atoms with Crippen molar-refractivity contribution in [1.29, 1.82) is 0 Å². The Morgan fingerprint density at radius 3 is 2.56 bits per heavy atom. The fourth-order valence-electron chi connectivity index (χ4n) is 2.36. The Hall–Kier alpha value is -1.23. The van der Waals surface area contributed by atoms with E-state index >= 15 is 0 Å². The van der Waals surface area contributed by atoms with E-state index in [9.17, 15) is 8.42 Å². The molecule has 0 aromatic heterocycles. The molecule has 1 aromatic carbocycles. The van der Waals surface area contributed by atoms with Crippen LogP contribution in [0.4, 0.5) is 11.4 Å². The molecule has 0 spiro atoms. The van der Waals surface area contributed by atoms with E-state index in [4.69, 9.17) is 5.73 Å². The van der Waals surface area contributed by atoms with E-state index in [1.54, 1.807) is 12.1 Å². The quantitative estimate of drug-likeness (QED) is 0.828. The molecule has 1 saturated carbocycles. The number of nitrogen functional groups attached to an aromatic ring is 1. The van der Waals surface area contributed by atoms with Crippen molar-refractivity contribution < 1.29 is 8.42 Å². The largest absolute Gasteiger partial charge is 0.399 e. The van der Waals surface area contributed by atoms with Gasteiger partial charge in [0.05, 0.1) is 10.9 Å². The molecule has 0 atom stereocenters. The maximum atomic E-state index is 12.3. The van der Waals surface area contributed by atoms with E-state index in [1.165, 1.54) is 0 Å². The van der Waals surface area contributed by atoms with Gasteiger partial charge in [-0.1, -0.05) is 25.3 Å². The van der Waals surface area contributed by atoms with Gasteiger partial charge in [-0.3, -0.25) is 4.72 Å². The highest BCUT2D eigenvalue weighted by Gasteiger charge is 2.27. The number of anilines is 2. The first-order valence-corrected chi connectivity index (χ1v) is 7.91. The van der Waals surface area contributed by atoms with Gasteiger partial charge in [0, 0.05) is 5.69 Å². The number of aryl methyl sites for hydroxylation is 1. The standard InChI is InChI=1S/C13H20N2O2S/c1-10-7-8-11(14)9-13(10)15-18(16,17)12-5-3-2-4-6-12/h7-9,12,15H,2-6,14H2,1H3. The molecule has 0 unspecified atom stereocenters. The van der Waals surface area contributed by atoms with Crippen LogP contribution in [-0.4, -0.2) is 13.7 Å². The average molecular weight is 268 g/mol. The Kier molecular flexibility index (Phi) is 3.80. The van der Waals surface area contributed by atoms with Crippen LogP contribution in [0.5, 0.6) is 0 Å². The van der Waals surface area contributed by atoms with Gasteiger partial charge in [-0.2, -0.15) is 0 Å². The molecule has 0 bridgehead atoms. The maximum absolute atomic E-state index is 12.3. The van der Waals surface area contributed by atoms with Gasteiger partial charge >= 0.3 is 0 Å². The predicted octanol–water partition coefficient (Wildman–Crippen LogP) is 2.65. The van der Waals surface area contributed by atoms with Crippen LogP contribution >= 0.6 is 0 Å². The van der Waals surface area contributed by atoms with Crippen LogP contribution in [0.15, 0.2) is 18.2 Å². The van der Waals surface area contributed by atoms with E-state index in [2.05, 4.69) is 4.72 Å². The van der Waals surface area contributed by atoms with Crippen molar-refractivity contribution in [2.75, 3.05) is 10.5 Å². The second-order valence-corrected chi connectivity index (χ2v) is 6.94. The smallest absolute Gasteiger partial charge is 0.235 e. The number of nitrogens with one attached hydrogen (secondary N) is 1. The molecule has 0 heterocycles. The third kappa shape index (κ3) is 2.96. The summed E-state index contributed by atoms with van der Waals surface area (Å²) in [6, 6.07) is 5.28. The number of nitrogens with two attached hydrogens (primary N) is 1. The van der Waals surface area contributed by atoms with E-state index in [0.29, 0.717) is 11.4 Å². The van der Waals surface area contributed by atoms with Gasteiger partial charge < -0.3 is 5.73 Å². The van der Waals surface area contributed by atoms with Crippen molar-refractivity contribution in [3.05, 3.63) is 23.8 Å². The molecule has 2 rings (SSSR count). The third-order valence-corrected chi connectivity index (χ3v) is 5.36. The summed E-state index contributed by atoms with van der Waals surface area (Å²) in [5.41, 5.74) is 7.75. The fourth-order valence-corrected chi connectivity index (χ4v) is 4.01. The normalized spacial score (nSPS) is 17.6. The molecule has 3 N–H and O–H groups in total. The summed E-state index contributed by atoms with van der Waals surface area (Å²) < 4.78 is 27.2. The minimum atomic E-state index is -3.28. The molecule has 18 heavy (non-hydrogen) atoms. The second kappa shape index (κ2) is 5.18. The van der Waals surface area contributed by atoms with Gasteiger partial charge in [-0.25, -0.2) is 8.42 Å². The summed E-state index contributed by atoms with van der Waals surface area (Å²) in [4.78, 5) is 0. The summed E-state index contributed by atoms with van der Waals surface area (Å²) in [6.07, 6.45) is 4.67. The molecule has 0 amide bonds. The molecule has 0 aliphatic heterocycles. The van der Waals surface area contributed by atoms with Crippen molar-refractivity contribution in [2.24, 2.45) is 0 Å². The van der Waals surface area contributed by atoms with Gasteiger partial charge in [0.15, 0.2) is 0 Å². The van der Waals surface area contributed by atoms with Gasteiger partial charge in [0.1, 0.15) is 0 Å². The summed E-state index contributed by atoms with van der Waals surface area (Å²) in [7, 11) is -3.28. The molecule has 1 aromatic rings. The summed E-state index contributed by atoms with van der Waals surface area (Å²) in [5.74, 6) is 0. The summed E-state index contributed by atoms with van der Waals surface area (Å²) in [5, 5.41) is -0.257. The molecular formula is C13H20N2O2S. The van der Waals surface area contributed by atoms with Crippen LogP contribution in [0.25, 0.3) is 0 Å². The summed E-state index contributed by atoms with van der Waals surface area (Å²) in [6.45, 7) is 1.87. The molecule has 0 saturated heterocycles. The van der Waals surface area contributed by atoms with Crippen molar-refractivity contribution in [1.82, 2.24) is 0 Å². The Morgan fingerprint density at radius 1 is 1.22 bits per heavy atom. The lowest BCUT2D eigenvalue weighted by molar-refractivity contribution is 0.486. The molecule has 0 radical (unpaired) electrons. The fraction of sp³-hybridized carbons (Fsp3) is 0.538. The van der Waals surface area contributed by atoms with Gasteiger partial charge in [-0.15, -0.1) is 0 Å². The SMILES string of the molecule is Cc1ccc(N)cc1NS(=O)(=O)C1CCCCC1. The molecular weight excluding hydrogens is 248 g/mol. The van der Waals surface area contributed by atoms with E-state index in [0.717, 1.165) is 37.7 Å². The molecule has 5 heteroatoms. The van der Waals surface area contributed by atoms with Crippen LogP contribution in [0.2, 0.25) is 0 Å². The van der Waals surface area contributed by atoms with Gasteiger partial charge in [0.25, 0.3) is 0 Å². The zero-order valence-electron chi connectivity index (χ0n) is 10.6. The minimum absolute atomic E-state index is 0.257. The Balaban J connectivity index is 2.18. The van der Waals surface area contributed by atoms with Crippen LogP contribution in [0.1, 0.15) is 37.7 Å². The third-order valence-electron chi connectivity index (χ3n) is 3.50. The Morgan fingerprint density at radius 2 is 1.89 bits per heavy atom. The number of hydrogen-bond acceptors (Lipinski definition) is 3. The lowest BCUT2D eigenvalue weighted by Gasteiger charge is -2.23. The van der Waals surface area contributed by atoms with Gasteiger partial charge in [-0.05, 0) is 37.5 Å².